The highest BCUT2D eigenvalue weighted by Crippen LogP contribution is 2.36. The van der Waals surface area contributed by atoms with Crippen molar-refractivity contribution in [1.82, 2.24) is 18.7 Å². The van der Waals surface area contributed by atoms with Gasteiger partial charge >= 0.3 is 5.69 Å². The van der Waals surface area contributed by atoms with E-state index in [1.807, 2.05) is 60.0 Å². The monoisotopic (exact) mass is 449 g/mol. The molecule has 0 aliphatic carbocycles. The molecule has 4 aromatic rings. The second kappa shape index (κ2) is 7.67. The van der Waals surface area contributed by atoms with Crippen LogP contribution in [0, 0.1) is 12.8 Å². The number of fused-ring (bicyclic) bond motifs is 3. The van der Waals surface area contributed by atoms with Gasteiger partial charge in [0.2, 0.25) is 5.95 Å². The molecule has 1 aliphatic heterocycles. The fraction of sp³-hybridized carbons (Fsp3) is 0.292. The second-order valence-corrected chi connectivity index (χ2v) is 8.92. The van der Waals surface area contributed by atoms with Gasteiger partial charge in [-0.3, -0.25) is 13.9 Å². The van der Waals surface area contributed by atoms with Crippen molar-refractivity contribution in [2.75, 3.05) is 11.4 Å². The molecule has 164 valence electrons. The van der Waals surface area contributed by atoms with E-state index in [1.54, 1.807) is 7.05 Å². The highest BCUT2D eigenvalue weighted by Gasteiger charge is 2.30. The fourth-order valence-corrected chi connectivity index (χ4v) is 4.67. The third-order valence-electron chi connectivity index (χ3n) is 6.16. The average Bonchev–Trinajstić information content (AvgIpc) is 3.17. The highest BCUT2D eigenvalue weighted by atomic mass is 35.5. The Labute approximate surface area is 190 Å². The Hall–Kier alpha value is -3.32. The molecule has 5 rings (SSSR count). The van der Waals surface area contributed by atoms with Crippen LogP contribution >= 0.6 is 11.6 Å². The van der Waals surface area contributed by atoms with Crippen molar-refractivity contribution in [2.24, 2.45) is 13.0 Å². The minimum absolute atomic E-state index is 0.218. The summed E-state index contributed by atoms with van der Waals surface area (Å²) in [6, 6.07) is 15.3. The van der Waals surface area contributed by atoms with Gasteiger partial charge < -0.3 is 9.47 Å². The number of rotatable bonds is 3. The Morgan fingerprint density at radius 2 is 1.81 bits per heavy atom. The molecular formula is C24H24ClN5O2. The van der Waals surface area contributed by atoms with E-state index in [4.69, 9.17) is 16.6 Å². The van der Waals surface area contributed by atoms with Gasteiger partial charge in [0.05, 0.1) is 6.54 Å². The maximum absolute atomic E-state index is 13.6. The van der Waals surface area contributed by atoms with E-state index in [0.717, 1.165) is 23.4 Å². The van der Waals surface area contributed by atoms with Crippen LogP contribution in [0.15, 0.2) is 58.1 Å². The van der Waals surface area contributed by atoms with E-state index in [-0.39, 0.29) is 23.7 Å². The first kappa shape index (κ1) is 20.6. The largest absolute Gasteiger partial charge is 0.332 e. The third kappa shape index (κ3) is 3.15. The fourth-order valence-electron chi connectivity index (χ4n) is 4.50. The summed E-state index contributed by atoms with van der Waals surface area (Å²) in [7, 11) is 1.67. The molecule has 0 saturated carbocycles. The Bertz CT molecular complexity index is 1450. The molecule has 0 unspecified atom stereocenters. The van der Waals surface area contributed by atoms with Crippen LogP contribution in [0.25, 0.3) is 11.2 Å². The van der Waals surface area contributed by atoms with Gasteiger partial charge in [0.1, 0.15) is 0 Å². The summed E-state index contributed by atoms with van der Waals surface area (Å²) in [5, 5.41) is 0.681. The molecule has 2 aromatic heterocycles. The van der Waals surface area contributed by atoms with E-state index in [1.165, 1.54) is 9.13 Å². The summed E-state index contributed by atoms with van der Waals surface area (Å²) in [6.45, 7) is 5.74. The SMILES string of the molecule is Cc1c(Cl)cccc1N1C[C@@H](C)Cn2c1nc1c2c(=O)n(Cc2ccccc2)c(=O)n1C. The summed E-state index contributed by atoms with van der Waals surface area (Å²) in [5.74, 6) is 0.936. The van der Waals surface area contributed by atoms with Crippen molar-refractivity contribution in [3.05, 3.63) is 85.5 Å². The number of anilines is 2. The quantitative estimate of drug-likeness (QED) is 0.478. The third-order valence-corrected chi connectivity index (χ3v) is 6.57. The Balaban J connectivity index is 1.75. The Morgan fingerprint density at radius 1 is 1.06 bits per heavy atom. The molecule has 0 amide bonds. The van der Waals surface area contributed by atoms with Crippen molar-refractivity contribution in [1.29, 1.82) is 0 Å². The average molecular weight is 450 g/mol. The van der Waals surface area contributed by atoms with E-state index in [2.05, 4.69) is 11.8 Å². The van der Waals surface area contributed by atoms with E-state index < -0.39 is 0 Å². The molecule has 0 saturated heterocycles. The van der Waals surface area contributed by atoms with Crippen LogP contribution in [0.1, 0.15) is 18.1 Å². The number of aryl methyl sites for hydroxylation is 1. The van der Waals surface area contributed by atoms with Crippen molar-refractivity contribution < 1.29 is 0 Å². The van der Waals surface area contributed by atoms with E-state index in [0.29, 0.717) is 28.7 Å². The molecule has 1 atom stereocenters. The number of hydrogen-bond donors (Lipinski definition) is 0. The molecule has 2 aromatic carbocycles. The molecule has 0 radical (unpaired) electrons. The first-order chi connectivity index (χ1) is 15.4. The predicted molar refractivity (Wildman–Crippen MR) is 127 cm³/mol. The van der Waals surface area contributed by atoms with Crippen LogP contribution in [0.5, 0.6) is 0 Å². The summed E-state index contributed by atoms with van der Waals surface area (Å²) in [5.41, 5.74) is 2.97. The van der Waals surface area contributed by atoms with Crippen molar-refractivity contribution in [3.8, 4) is 0 Å². The summed E-state index contributed by atoms with van der Waals surface area (Å²) < 4.78 is 4.71. The van der Waals surface area contributed by atoms with Gasteiger partial charge in [-0.05, 0) is 36.1 Å². The lowest BCUT2D eigenvalue weighted by molar-refractivity contribution is 0.457. The van der Waals surface area contributed by atoms with Gasteiger partial charge in [-0.15, -0.1) is 0 Å². The summed E-state index contributed by atoms with van der Waals surface area (Å²) in [4.78, 5) is 33.5. The van der Waals surface area contributed by atoms with Gasteiger partial charge in [0.25, 0.3) is 5.56 Å². The first-order valence-corrected chi connectivity index (χ1v) is 11.0. The van der Waals surface area contributed by atoms with Crippen LogP contribution in [0.4, 0.5) is 11.6 Å². The molecule has 7 nitrogen and oxygen atoms in total. The normalized spacial score (nSPS) is 15.9. The van der Waals surface area contributed by atoms with Gasteiger partial charge in [0.15, 0.2) is 11.2 Å². The minimum atomic E-state index is -0.375. The minimum Gasteiger partial charge on any atom is -0.311 e. The van der Waals surface area contributed by atoms with E-state index >= 15 is 0 Å². The lowest BCUT2D eigenvalue weighted by Crippen LogP contribution is -2.40. The Kier molecular flexibility index (Phi) is 4.93. The van der Waals surface area contributed by atoms with Crippen molar-refractivity contribution in [3.63, 3.8) is 0 Å². The number of benzene rings is 2. The number of aromatic nitrogens is 4. The summed E-state index contributed by atoms with van der Waals surface area (Å²) in [6.07, 6.45) is 0. The highest BCUT2D eigenvalue weighted by molar-refractivity contribution is 6.31. The van der Waals surface area contributed by atoms with Crippen molar-refractivity contribution >= 4 is 34.4 Å². The van der Waals surface area contributed by atoms with Gasteiger partial charge in [-0.2, -0.15) is 4.98 Å². The van der Waals surface area contributed by atoms with Gasteiger partial charge in [0, 0.05) is 30.8 Å². The molecule has 32 heavy (non-hydrogen) atoms. The number of hydrogen-bond acceptors (Lipinski definition) is 4. The molecule has 8 heteroatoms. The standard InChI is InChI=1S/C24H24ClN5O2/c1-15-12-28(19-11-7-10-18(25)16(19)2)23-26-21-20(29(23)13-15)22(31)30(24(32)27(21)3)14-17-8-5-4-6-9-17/h4-11,15H,12-14H2,1-3H3/t15-/m1/s1. The molecule has 1 aliphatic rings. The molecule has 3 heterocycles. The number of imidazole rings is 1. The van der Waals surface area contributed by atoms with Gasteiger partial charge in [-0.25, -0.2) is 4.79 Å². The predicted octanol–water partition coefficient (Wildman–Crippen LogP) is 3.69. The lowest BCUT2D eigenvalue weighted by atomic mass is 10.1. The van der Waals surface area contributed by atoms with Crippen LogP contribution in [0.3, 0.4) is 0 Å². The van der Waals surface area contributed by atoms with Crippen LogP contribution in [-0.4, -0.2) is 25.2 Å². The molecule has 0 N–H and O–H groups in total. The maximum atomic E-state index is 13.6. The Morgan fingerprint density at radius 3 is 2.56 bits per heavy atom. The van der Waals surface area contributed by atoms with Crippen LogP contribution < -0.4 is 16.1 Å². The molecular weight excluding hydrogens is 426 g/mol. The van der Waals surface area contributed by atoms with Crippen molar-refractivity contribution in [2.45, 2.75) is 26.9 Å². The first-order valence-electron chi connectivity index (χ1n) is 10.6. The maximum Gasteiger partial charge on any atom is 0.332 e. The molecule has 0 bridgehead atoms. The molecule has 0 spiro atoms. The molecule has 0 fully saturated rings. The van der Waals surface area contributed by atoms with Crippen LogP contribution in [0.2, 0.25) is 5.02 Å². The lowest BCUT2D eigenvalue weighted by Gasteiger charge is -2.34. The van der Waals surface area contributed by atoms with E-state index in [9.17, 15) is 9.59 Å². The number of nitrogens with zero attached hydrogens (tertiary/aromatic N) is 5. The number of halogens is 1. The second-order valence-electron chi connectivity index (χ2n) is 8.51. The van der Waals surface area contributed by atoms with Gasteiger partial charge in [-0.1, -0.05) is 54.9 Å². The smallest absolute Gasteiger partial charge is 0.311 e. The zero-order chi connectivity index (χ0) is 22.6. The zero-order valence-electron chi connectivity index (χ0n) is 18.2. The zero-order valence-corrected chi connectivity index (χ0v) is 19.0. The summed E-state index contributed by atoms with van der Waals surface area (Å²) >= 11 is 6.39. The topological polar surface area (TPSA) is 65.1 Å². The van der Waals surface area contributed by atoms with Crippen LogP contribution in [-0.2, 0) is 20.1 Å².